The Morgan fingerprint density at radius 3 is 2.44 bits per heavy atom. The molecule has 3 N–H and O–H groups in total. The van der Waals surface area contributed by atoms with Gasteiger partial charge in [-0.25, -0.2) is 0 Å². The number of hydrogen-bond acceptors (Lipinski definition) is 2. The van der Waals surface area contributed by atoms with Gasteiger partial charge in [0.2, 0.25) is 5.91 Å². The molecule has 0 aliphatic rings. The zero-order chi connectivity index (χ0) is 18.2. The molecule has 0 unspecified atom stereocenters. The lowest BCUT2D eigenvalue weighted by molar-refractivity contribution is -0.121. The summed E-state index contributed by atoms with van der Waals surface area (Å²) >= 11 is 12.0. The van der Waals surface area contributed by atoms with Crippen molar-refractivity contribution in [2.24, 2.45) is 4.99 Å². The maximum absolute atomic E-state index is 11.8. The lowest BCUT2D eigenvalue weighted by atomic mass is 10.1. The van der Waals surface area contributed by atoms with Crippen LogP contribution in [0.4, 0.5) is 0 Å². The van der Waals surface area contributed by atoms with Crippen molar-refractivity contribution in [2.45, 2.75) is 39.2 Å². The van der Waals surface area contributed by atoms with Gasteiger partial charge in [-0.05, 0) is 51.3 Å². The molecular formula is C17H27Cl2IN4O. The summed E-state index contributed by atoms with van der Waals surface area (Å²) in [7, 11) is 1.67. The molecule has 8 heteroatoms. The Morgan fingerprint density at radius 2 is 1.88 bits per heavy atom. The average Bonchev–Trinajstić information content (AvgIpc) is 2.46. The first-order valence-corrected chi connectivity index (χ1v) is 8.66. The van der Waals surface area contributed by atoms with Crippen molar-refractivity contribution in [1.29, 1.82) is 0 Å². The van der Waals surface area contributed by atoms with E-state index in [0.717, 1.165) is 24.9 Å². The normalized spacial score (nSPS) is 11.5. The Kier molecular flexibility index (Phi) is 11.5. The van der Waals surface area contributed by atoms with E-state index < -0.39 is 0 Å². The monoisotopic (exact) mass is 500 g/mol. The van der Waals surface area contributed by atoms with Crippen molar-refractivity contribution in [3.63, 3.8) is 0 Å². The molecule has 1 rings (SSSR count). The van der Waals surface area contributed by atoms with Gasteiger partial charge in [-0.15, -0.1) is 24.0 Å². The number of aryl methyl sites for hydroxylation is 1. The van der Waals surface area contributed by atoms with Crippen molar-refractivity contribution in [2.75, 3.05) is 20.1 Å². The van der Waals surface area contributed by atoms with Crippen LogP contribution < -0.4 is 16.0 Å². The van der Waals surface area contributed by atoms with Crippen LogP contribution in [0.5, 0.6) is 0 Å². The number of hydrogen-bond donors (Lipinski definition) is 3. The van der Waals surface area contributed by atoms with E-state index >= 15 is 0 Å². The van der Waals surface area contributed by atoms with Crippen molar-refractivity contribution < 1.29 is 4.79 Å². The minimum absolute atomic E-state index is 0. The highest BCUT2D eigenvalue weighted by atomic mass is 127. The number of benzene rings is 1. The van der Waals surface area contributed by atoms with E-state index in [0.29, 0.717) is 16.0 Å². The Labute approximate surface area is 177 Å². The average molecular weight is 501 g/mol. The van der Waals surface area contributed by atoms with Crippen LogP contribution in [0.1, 0.15) is 32.8 Å². The van der Waals surface area contributed by atoms with Gasteiger partial charge in [0.1, 0.15) is 0 Å². The molecule has 0 aromatic heterocycles. The third-order valence-electron chi connectivity index (χ3n) is 3.08. The molecule has 0 atom stereocenters. The maximum atomic E-state index is 11.8. The fourth-order valence-corrected chi connectivity index (χ4v) is 2.56. The van der Waals surface area contributed by atoms with Crippen LogP contribution in [0, 0.1) is 0 Å². The molecule has 0 saturated carbocycles. The van der Waals surface area contributed by atoms with Gasteiger partial charge in [0.05, 0.1) is 6.54 Å². The summed E-state index contributed by atoms with van der Waals surface area (Å²) in [5.74, 6) is 0.527. The quantitative estimate of drug-likeness (QED) is 0.242. The second-order valence-corrected chi connectivity index (χ2v) is 7.33. The van der Waals surface area contributed by atoms with Crippen molar-refractivity contribution in [1.82, 2.24) is 16.0 Å². The third kappa shape index (κ3) is 10.8. The first-order chi connectivity index (χ1) is 11.2. The Balaban J connectivity index is 0.00000576. The smallest absolute Gasteiger partial charge is 0.239 e. The minimum Gasteiger partial charge on any atom is -0.356 e. The SMILES string of the molecule is CN=C(NCCCc1ccc(Cl)cc1Cl)NCC(=O)NC(C)(C)C.I. The number of nitrogens with zero attached hydrogens (tertiary/aromatic N) is 1. The Morgan fingerprint density at radius 1 is 1.20 bits per heavy atom. The summed E-state index contributed by atoms with van der Waals surface area (Å²) in [6.45, 7) is 6.74. The van der Waals surface area contributed by atoms with Crippen LogP contribution in [0.3, 0.4) is 0 Å². The van der Waals surface area contributed by atoms with E-state index in [-0.39, 0.29) is 42.0 Å². The van der Waals surface area contributed by atoms with E-state index in [2.05, 4.69) is 20.9 Å². The molecule has 0 fully saturated rings. The predicted molar refractivity (Wildman–Crippen MR) is 117 cm³/mol. The summed E-state index contributed by atoms with van der Waals surface area (Å²) in [6, 6.07) is 5.53. The lowest BCUT2D eigenvalue weighted by Gasteiger charge is -2.21. The van der Waals surface area contributed by atoms with Gasteiger partial charge in [-0.1, -0.05) is 29.3 Å². The topological polar surface area (TPSA) is 65.5 Å². The number of halogens is 3. The van der Waals surface area contributed by atoms with Gasteiger partial charge in [0.25, 0.3) is 0 Å². The van der Waals surface area contributed by atoms with Crippen LogP contribution in [0.2, 0.25) is 10.0 Å². The van der Waals surface area contributed by atoms with Crippen LogP contribution >= 0.6 is 47.2 Å². The fourth-order valence-electron chi connectivity index (χ4n) is 2.06. The zero-order valence-electron chi connectivity index (χ0n) is 15.1. The number of guanidine groups is 1. The lowest BCUT2D eigenvalue weighted by Crippen LogP contribution is -2.48. The summed E-state index contributed by atoms with van der Waals surface area (Å²) in [4.78, 5) is 15.9. The van der Waals surface area contributed by atoms with Gasteiger partial charge in [0, 0.05) is 29.2 Å². The van der Waals surface area contributed by atoms with E-state index in [4.69, 9.17) is 23.2 Å². The summed E-state index contributed by atoms with van der Waals surface area (Å²) < 4.78 is 0. The molecule has 0 bridgehead atoms. The van der Waals surface area contributed by atoms with Crippen LogP contribution in [-0.2, 0) is 11.2 Å². The second kappa shape index (κ2) is 11.8. The third-order valence-corrected chi connectivity index (χ3v) is 3.67. The Hall–Kier alpha value is -0.730. The standard InChI is InChI=1S/C17H26Cl2N4O.HI/c1-17(2,3)23-15(24)11-22-16(20-4)21-9-5-6-12-7-8-13(18)10-14(12)19;/h7-8,10H,5-6,9,11H2,1-4H3,(H,23,24)(H2,20,21,22);1H. The van der Waals surface area contributed by atoms with Gasteiger partial charge in [-0.3, -0.25) is 9.79 Å². The summed E-state index contributed by atoms with van der Waals surface area (Å²) in [5.41, 5.74) is 0.823. The fraction of sp³-hybridized carbons (Fsp3) is 0.529. The minimum atomic E-state index is -0.242. The van der Waals surface area contributed by atoms with Crippen LogP contribution in [-0.4, -0.2) is 37.5 Å². The molecule has 25 heavy (non-hydrogen) atoms. The number of aliphatic imine (C=N–C) groups is 1. The maximum Gasteiger partial charge on any atom is 0.239 e. The molecule has 0 saturated heterocycles. The van der Waals surface area contributed by atoms with Gasteiger partial charge >= 0.3 is 0 Å². The van der Waals surface area contributed by atoms with Crippen molar-refractivity contribution in [3.8, 4) is 0 Å². The van der Waals surface area contributed by atoms with Crippen molar-refractivity contribution in [3.05, 3.63) is 33.8 Å². The number of rotatable bonds is 6. The molecule has 142 valence electrons. The van der Waals surface area contributed by atoms with E-state index in [9.17, 15) is 4.79 Å². The molecule has 0 heterocycles. The van der Waals surface area contributed by atoms with E-state index in [1.54, 1.807) is 13.1 Å². The molecule has 1 aromatic rings. The van der Waals surface area contributed by atoms with Gasteiger partial charge in [-0.2, -0.15) is 0 Å². The molecule has 0 aliphatic carbocycles. The molecule has 1 amide bonds. The number of carbonyl (C=O) groups is 1. The Bertz CT molecular complexity index is 589. The number of carbonyl (C=O) groups excluding carboxylic acids is 1. The highest BCUT2D eigenvalue weighted by Crippen LogP contribution is 2.21. The number of amides is 1. The highest BCUT2D eigenvalue weighted by Gasteiger charge is 2.13. The molecule has 0 spiro atoms. The number of nitrogens with one attached hydrogen (secondary N) is 3. The first-order valence-electron chi connectivity index (χ1n) is 7.91. The molecular weight excluding hydrogens is 474 g/mol. The summed E-state index contributed by atoms with van der Waals surface area (Å²) in [5, 5.41) is 10.4. The second-order valence-electron chi connectivity index (χ2n) is 6.49. The van der Waals surface area contributed by atoms with Crippen LogP contribution in [0.15, 0.2) is 23.2 Å². The van der Waals surface area contributed by atoms with Gasteiger partial charge < -0.3 is 16.0 Å². The highest BCUT2D eigenvalue weighted by molar-refractivity contribution is 14.0. The van der Waals surface area contributed by atoms with E-state index in [1.807, 2.05) is 32.9 Å². The largest absolute Gasteiger partial charge is 0.356 e. The van der Waals surface area contributed by atoms with E-state index in [1.165, 1.54) is 0 Å². The molecule has 1 aromatic carbocycles. The van der Waals surface area contributed by atoms with Crippen LogP contribution in [0.25, 0.3) is 0 Å². The zero-order valence-corrected chi connectivity index (χ0v) is 18.9. The summed E-state index contributed by atoms with van der Waals surface area (Å²) in [6.07, 6.45) is 1.72. The predicted octanol–water partition coefficient (Wildman–Crippen LogP) is 3.62. The molecule has 0 aliphatic heterocycles. The van der Waals surface area contributed by atoms with Crippen molar-refractivity contribution >= 4 is 59.0 Å². The first kappa shape index (κ1) is 24.3. The van der Waals surface area contributed by atoms with Gasteiger partial charge in [0.15, 0.2) is 5.96 Å². The molecule has 0 radical (unpaired) electrons. The molecule has 5 nitrogen and oxygen atoms in total.